The van der Waals surface area contributed by atoms with E-state index in [0.29, 0.717) is 21.8 Å². The fourth-order valence-corrected chi connectivity index (χ4v) is 6.31. The minimum Gasteiger partial charge on any atom is -0.466 e. The van der Waals surface area contributed by atoms with Crippen molar-refractivity contribution in [2.24, 2.45) is 5.92 Å². The molecule has 7 nitrogen and oxygen atoms in total. The molecule has 1 heterocycles. The van der Waals surface area contributed by atoms with Crippen molar-refractivity contribution in [1.82, 2.24) is 14.7 Å². The topological polar surface area (TPSA) is 84.7 Å². The molecule has 46 heavy (non-hydrogen) atoms. The van der Waals surface area contributed by atoms with E-state index < -0.39 is 94.1 Å². The predicted molar refractivity (Wildman–Crippen MR) is 152 cm³/mol. The maximum atomic E-state index is 14.5. The van der Waals surface area contributed by atoms with E-state index in [0.717, 1.165) is 24.3 Å². The summed E-state index contributed by atoms with van der Waals surface area (Å²) in [6.45, 7) is 0.314. The van der Waals surface area contributed by atoms with Gasteiger partial charge in [0.05, 0.1) is 43.0 Å². The van der Waals surface area contributed by atoms with Crippen LogP contribution in [0.1, 0.15) is 83.9 Å². The minimum atomic E-state index is -5.09. The van der Waals surface area contributed by atoms with E-state index in [-0.39, 0.29) is 43.4 Å². The van der Waals surface area contributed by atoms with Gasteiger partial charge in [-0.05, 0) is 62.4 Å². The number of ether oxygens (including phenoxy) is 1. The van der Waals surface area contributed by atoms with Gasteiger partial charge in [-0.15, -0.1) is 0 Å². The van der Waals surface area contributed by atoms with Crippen molar-refractivity contribution in [1.29, 1.82) is 0 Å². The van der Waals surface area contributed by atoms with E-state index in [4.69, 9.17) is 27.9 Å². The molecule has 0 aliphatic heterocycles. The largest absolute Gasteiger partial charge is 0.466 e. The van der Waals surface area contributed by atoms with E-state index in [9.17, 15) is 45.4 Å². The number of aliphatic hydroxyl groups excluding tert-OH is 1. The molecule has 16 heteroatoms. The predicted octanol–water partition coefficient (Wildman–Crippen LogP) is 8.09. The summed E-state index contributed by atoms with van der Waals surface area (Å²) >= 11 is 12.2. The zero-order valence-electron chi connectivity index (χ0n) is 24.1. The minimum absolute atomic E-state index is 0.137. The Hall–Kier alpha value is -3.36. The third kappa shape index (κ3) is 8.13. The number of carbonyl (C=O) groups excluding carboxylic acids is 2. The molecular formula is C30H28Cl2F7N3O4. The number of rotatable bonds is 10. The molecule has 0 spiro atoms. The average Bonchev–Trinajstić information content (AvgIpc) is 3.42. The number of hydrogen-bond donors (Lipinski definition) is 1. The van der Waals surface area contributed by atoms with Crippen LogP contribution in [0.4, 0.5) is 30.7 Å². The summed E-state index contributed by atoms with van der Waals surface area (Å²) in [6, 6.07) is 3.12. The summed E-state index contributed by atoms with van der Waals surface area (Å²) in [7, 11) is 0. The molecule has 1 aliphatic rings. The van der Waals surface area contributed by atoms with Crippen molar-refractivity contribution in [3.05, 3.63) is 86.2 Å². The number of amides is 1. The van der Waals surface area contributed by atoms with Crippen LogP contribution in [-0.2, 0) is 22.3 Å². The van der Waals surface area contributed by atoms with E-state index >= 15 is 0 Å². The summed E-state index contributed by atoms with van der Waals surface area (Å²) in [6.07, 6.45) is -8.41. The molecule has 2 aromatic carbocycles. The summed E-state index contributed by atoms with van der Waals surface area (Å²) < 4.78 is 104. The Labute approximate surface area is 268 Å². The second-order valence-electron chi connectivity index (χ2n) is 10.8. The molecule has 0 radical (unpaired) electrons. The van der Waals surface area contributed by atoms with Crippen molar-refractivity contribution in [3.63, 3.8) is 0 Å². The quantitative estimate of drug-likeness (QED) is 0.171. The van der Waals surface area contributed by atoms with Crippen LogP contribution < -0.4 is 0 Å². The van der Waals surface area contributed by atoms with Gasteiger partial charge in [0.25, 0.3) is 12.3 Å². The van der Waals surface area contributed by atoms with Gasteiger partial charge in [-0.1, -0.05) is 23.2 Å². The molecule has 1 fully saturated rings. The van der Waals surface area contributed by atoms with Gasteiger partial charge < -0.3 is 14.7 Å². The van der Waals surface area contributed by atoms with Crippen molar-refractivity contribution >= 4 is 35.1 Å². The smallest absolute Gasteiger partial charge is 0.433 e. The first-order valence-electron chi connectivity index (χ1n) is 14.1. The molecule has 1 aromatic heterocycles. The molecule has 0 bridgehead atoms. The second-order valence-corrected chi connectivity index (χ2v) is 11.6. The second kappa shape index (κ2) is 14.6. The zero-order valence-corrected chi connectivity index (χ0v) is 25.7. The molecule has 1 saturated carbocycles. The van der Waals surface area contributed by atoms with Crippen molar-refractivity contribution in [3.8, 4) is 0 Å². The molecule has 250 valence electrons. The van der Waals surface area contributed by atoms with Crippen LogP contribution >= 0.6 is 23.2 Å². The van der Waals surface area contributed by atoms with Gasteiger partial charge in [0.2, 0.25) is 0 Å². The fraction of sp³-hybridized carbons (Fsp3) is 0.433. The third-order valence-corrected chi connectivity index (χ3v) is 8.25. The molecule has 1 N–H and O–H groups in total. The first-order valence-corrected chi connectivity index (χ1v) is 14.9. The Bertz CT molecular complexity index is 1530. The number of aromatic nitrogens is 2. The van der Waals surface area contributed by atoms with Gasteiger partial charge in [-0.25, -0.2) is 17.6 Å². The van der Waals surface area contributed by atoms with Crippen molar-refractivity contribution < 1.29 is 50.2 Å². The maximum Gasteiger partial charge on any atom is 0.433 e. The molecule has 4 rings (SSSR count). The molecule has 0 saturated heterocycles. The van der Waals surface area contributed by atoms with Crippen LogP contribution in [0.15, 0.2) is 36.5 Å². The lowest BCUT2D eigenvalue weighted by Crippen LogP contribution is -2.36. The van der Waals surface area contributed by atoms with Crippen LogP contribution in [0, 0.1) is 17.6 Å². The van der Waals surface area contributed by atoms with Crippen LogP contribution in [0.3, 0.4) is 0 Å². The monoisotopic (exact) mass is 697 g/mol. The highest BCUT2D eigenvalue weighted by Gasteiger charge is 2.43. The van der Waals surface area contributed by atoms with Crippen LogP contribution in [0.5, 0.6) is 0 Å². The number of halogens is 9. The van der Waals surface area contributed by atoms with Crippen LogP contribution in [0.25, 0.3) is 0 Å². The highest BCUT2D eigenvalue weighted by Crippen LogP contribution is 2.40. The number of benzene rings is 2. The fourth-order valence-electron chi connectivity index (χ4n) is 5.55. The van der Waals surface area contributed by atoms with Gasteiger partial charge in [0.15, 0.2) is 5.69 Å². The summed E-state index contributed by atoms with van der Waals surface area (Å²) in [5.74, 6) is -4.30. The molecule has 1 atom stereocenters. The molecule has 1 unspecified atom stereocenters. The lowest BCUT2D eigenvalue weighted by atomic mass is 9.86. The Morgan fingerprint density at radius 1 is 1.04 bits per heavy atom. The van der Waals surface area contributed by atoms with Crippen LogP contribution in [-0.4, -0.2) is 44.8 Å². The number of carbonyl (C=O) groups is 2. The first kappa shape index (κ1) is 35.5. The summed E-state index contributed by atoms with van der Waals surface area (Å²) in [5, 5.41) is 14.1. The van der Waals surface area contributed by atoms with E-state index in [1.165, 1.54) is 0 Å². The molecule has 1 amide bonds. The number of nitrogens with zero attached hydrogens (tertiary/aromatic N) is 3. The normalized spacial score (nSPS) is 17.7. The Kier molecular flexibility index (Phi) is 11.3. The SMILES string of the molecule is CCOC(=O)C1CCC(n2ncc(C(=O)N(Cc3cc(F)cc(F)c3)CC(O)c3c(Cl)cc(C(F)F)cc3Cl)c2C(F)(F)F)CC1. The lowest BCUT2D eigenvalue weighted by molar-refractivity contribution is -0.151. The van der Waals surface area contributed by atoms with E-state index in [2.05, 4.69) is 5.10 Å². The third-order valence-electron chi connectivity index (χ3n) is 7.62. The van der Waals surface area contributed by atoms with Gasteiger partial charge in [0, 0.05) is 33.8 Å². The highest BCUT2D eigenvalue weighted by atomic mass is 35.5. The van der Waals surface area contributed by atoms with Crippen LogP contribution in [0.2, 0.25) is 10.0 Å². The standard InChI is InChI=1S/C30H28Cl2F7N3O4/c1-2-46-29(45)16-3-5-20(6-4-16)42-26(30(37,38)39)21(12-40-42)28(44)41(13-15-7-18(33)11-19(34)8-15)14-24(43)25-22(31)9-17(27(35)36)10-23(25)32/h7-12,16,20,24,27,43H,2-6,13-14H2,1H3. The molecule has 1 aliphatic carbocycles. The average molecular weight is 698 g/mol. The number of esters is 1. The van der Waals surface area contributed by atoms with E-state index in [1.54, 1.807) is 6.92 Å². The number of hydrogen-bond acceptors (Lipinski definition) is 5. The van der Waals surface area contributed by atoms with Crippen molar-refractivity contribution in [2.45, 2.75) is 63.9 Å². The summed E-state index contributed by atoms with van der Waals surface area (Å²) in [5.41, 5.74) is -3.32. The Morgan fingerprint density at radius 3 is 2.15 bits per heavy atom. The maximum absolute atomic E-state index is 14.5. The zero-order chi connectivity index (χ0) is 33.9. The highest BCUT2D eigenvalue weighted by molar-refractivity contribution is 6.36. The van der Waals surface area contributed by atoms with Gasteiger partial charge in [-0.3, -0.25) is 14.3 Å². The molecular weight excluding hydrogens is 670 g/mol. The number of alkyl halides is 5. The number of aliphatic hydroxyl groups is 1. The van der Waals surface area contributed by atoms with E-state index in [1.807, 2.05) is 0 Å². The lowest BCUT2D eigenvalue weighted by Gasteiger charge is -2.29. The molecule has 3 aromatic rings. The Balaban J connectivity index is 1.70. The van der Waals surface area contributed by atoms with Crippen molar-refractivity contribution in [2.75, 3.05) is 13.2 Å². The summed E-state index contributed by atoms with van der Waals surface area (Å²) in [4.78, 5) is 26.6. The van der Waals surface area contributed by atoms with Gasteiger partial charge in [0.1, 0.15) is 11.6 Å². The first-order chi connectivity index (χ1) is 21.6. The Morgan fingerprint density at radius 2 is 1.63 bits per heavy atom. The van der Waals surface area contributed by atoms with Gasteiger partial charge in [-0.2, -0.15) is 18.3 Å². The van der Waals surface area contributed by atoms with Gasteiger partial charge >= 0.3 is 12.1 Å².